The molecule has 8 heteroatoms. The predicted molar refractivity (Wildman–Crippen MR) is 89.6 cm³/mol. The first-order valence-electron chi connectivity index (χ1n) is 6.70. The molecule has 3 rings (SSSR count). The fraction of sp³-hybridized carbons (Fsp3) is 0. The summed E-state index contributed by atoms with van der Waals surface area (Å²) in [5.41, 5.74) is 7.81. The molecule has 3 aromatic rings. The van der Waals surface area contributed by atoms with E-state index >= 15 is 0 Å². The Kier molecular flexibility index (Phi) is 4.39. The Balaban J connectivity index is 1.71. The minimum Gasteiger partial charge on any atom is -0.368 e. The van der Waals surface area contributed by atoms with Crippen LogP contribution in [0, 0.1) is 0 Å². The summed E-state index contributed by atoms with van der Waals surface area (Å²) in [5, 5.41) is 11.3. The van der Waals surface area contributed by atoms with Crippen LogP contribution in [0.5, 0.6) is 0 Å². The Morgan fingerprint density at radius 3 is 2.13 bits per heavy atom. The van der Waals surface area contributed by atoms with Crippen molar-refractivity contribution >= 4 is 40.6 Å². The normalized spacial score (nSPS) is 10.8. The number of nitrogens with zero attached hydrogens (tertiary/aromatic N) is 5. The number of nitrogen functional groups attached to an aromatic ring is 1. The van der Waals surface area contributed by atoms with Crippen molar-refractivity contribution in [1.29, 1.82) is 0 Å². The molecule has 0 saturated heterocycles. The van der Waals surface area contributed by atoms with Crippen LogP contribution in [0.2, 0.25) is 5.28 Å². The highest BCUT2D eigenvalue weighted by molar-refractivity contribution is 6.28. The van der Waals surface area contributed by atoms with Crippen molar-refractivity contribution in [3.05, 3.63) is 59.9 Å². The fourth-order valence-corrected chi connectivity index (χ4v) is 1.94. The Bertz CT molecular complexity index is 799. The number of halogens is 1. The summed E-state index contributed by atoms with van der Waals surface area (Å²) >= 11 is 5.73. The zero-order valence-electron chi connectivity index (χ0n) is 11.9. The van der Waals surface area contributed by atoms with Crippen LogP contribution in [0.15, 0.2) is 64.8 Å². The smallest absolute Gasteiger partial charge is 0.233 e. The third-order valence-electron chi connectivity index (χ3n) is 2.79. The first kappa shape index (κ1) is 14.9. The first-order chi connectivity index (χ1) is 11.2. The molecule has 0 bridgehead atoms. The maximum atomic E-state index is 5.73. The number of nitrogens with one attached hydrogen (secondary N) is 1. The molecule has 0 aliphatic rings. The molecule has 7 nitrogen and oxygen atoms in total. The minimum atomic E-state index is 0.0354. The van der Waals surface area contributed by atoms with Crippen LogP contribution in [0.25, 0.3) is 0 Å². The predicted octanol–water partition coefficient (Wildman–Crippen LogP) is 4.27. The largest absolute Gasteiger partial charge is 0.368 e. The van der Waals surface area contributed by atoms with Gasteiger partial charge in [0.1, 0.15) is 0 Å². The van der Waals surface area contributed by atoms with Crippen molar-refractivity contribution in [3.8, 4) is 0 Å². The average molecular weight is 326 g/mol. The van der Waals surface area contributed by atoms with Gasteiger partial charge in [-0.1, -0.05) is 18.2 Å². The molecule has 23 heavy (non-hydrogen) atoms. The Morgan fingerprint density at radius 2 is 1.48 bits per heavy atom. The van der Waals surface area contributed by atoms with Crippen LogP contribution in [0.1, 0.15) is 0 Å². The SMILES string of the molecule is Nc1nc(Cl)nc(Nc2ccc(N=Nc3ccccc3)cc2)n1. The van der Waals surface area contributed by atoms with Gasteiger partial charge in [0.25, 0.3) is 0 Å². The second-order valence-electron chi connectivity index (χ2n) is 4.49. The van der Waals surface area contributed by atoms with Gasteiger partial charge in [-0.25, -0.2) is 0 Å². The number of azo groups is 1. The van der Waals surface area contributed by atoms with Gasteiger partial charge in [-0.2, -0.15) is 25.2 Å². The molecule has 0 aliphatic heterocycles. The molecular formula is C15H12ClN7. The summed E-state index contributed by atoms with van der Waals surface area (Å²) in [4.78, 5) is 11.6. The van der Waals surface area contributed by atoms with Crippen molar-refractivity contribution in [1.82, 2.24) is 15.0 Å². The zero-order valence-corrected chi connectivity index (χ0v) is 12.6. The molecule has 1 aromatic heterocycles. The lowest BCUT2D eigenvalue weighted by Gasteiger charge is -2.05. The molecule has 2 aromatic carbocycles. The van der Waals surface area contributed by atoms with Crippen LogP contribution in [-0.4, -0.2) is 15.0 Å². The molecule has 3 N–H and O–H groups in total. The van der Waals surface area contributed by atoms with E-state index in [1.165, 1.54) is 0 Å². The van der Waals surface area contributed by atoms with E-state index in [0.29, 0.717) is 0 Å². The van der Waals surface area contributed by atoms with E-state index in [-0.39, 0.29) is 17.2 Å². The van der Waals surface area contributed by atoms with Crippen LogP contribution < -0.4 is 11.1 Å². The molecular weight excluding hydrogens is 314 g/mol. The first-order valence-corrected chi connectivity index (χ1v) is 7.08. The summed E-state index contributed by atoms with van der Waals surface area (Å²) in [5.74, 6) is 0.335. The maximum absolute atomic E-state index is 5.73. The highest BCUT2D eigenvalue weighted by atomic mass is 35.5. The van der Waals surface area contributed by atoms with Gasteiger partial charge in [0.15, 0.2) is 0 Å². The number of rotatable bonds is 4. The Hall–Kier alpha value is -3.06. The van der Waals surface area contributed by atoms with Gasteiger partial charge < -0.3 is 11.1 Å². The van der Waals surface area contributed by atoms with Crippen molar-refractivity contribution in [2.75, 3.05) is 11.1 Å². The molecule has 114 valence electrons. The molecule has 0 aliphatic carbocycles. The van der Waals surface area contributed by atoms with Gasteiger partial charge in [-0.05, 0) is 48.0 Å². The number of hydrogen-bond acceptors (Lipinski definition) is 7. The Labute approximate surface area is 137 Å². The third kappa shape index (κ3) is 4.21. The van der Waals surface area contributed by atoms with Crippen LogP contribution in [-0.2, 0) is 0 Å². The number of nitrogens with two attached hydrogens (primary N) is 1. The van der Waals surface area contributed by atoms with Gasteiger partial charge in [0.2, 0.25) is 17.2 Å². The molecule has 0 amide bonds. The lowest BCUT2D eigenvalue weighted by molar-refractivity contribution is 1.07. The number of benzene rings is 2. The monoisotopic (exact) mass is 325 g/mol. The minimum absolute atomic E-state index is 0.0354. The number of anilines is 3. The maximum Gasteiger partial charge on any atom is 0.233 e. The van der Waals surface area contributed by atoms with E-state index in [0.717, 1.165) is 17.1 Å². The average Bonchev–Trinajstić information content (AvgIpc) is 2.54. The quantitative estimate of drug-likeness (QED) is 0.697. The van der Waals surface area contributed by atoms with Crippen molar-refractivity contribution in [3.63, 3.8) is 0 Å². The number of aromatic nitrogens is 3. The highest BCUT2D eigenvalue weighted by Gasteiger charge is 2.02. The molecule has 0 fully saturated rings. The van der Waals surface area contributed by atoms with Crippen molar-refractivity contribution < 1.29 is 0 Å². The second-order valence-corrected chi connectivity index (χ2v) is 4.83. The van der Waals surface area contributed by atoms with Gasteiger partial charge in [-0.3, -0.25) is 0 Å². The molecule has 0 atom stereocenters. The van der Waals surface area contributed by atoms with E-state index in [1.54, 1.807) is 0 Å². The fourth-order valence-electron chi connectivity index (χ4n) is 1.77. The van der Waals surface area contributed by atoms with Crippen LogP contribution >= 0.6 is 11.6 Å². The lowest BCUT2D eigenvalue weighted by atomic mass is 10.3. The molecule has 0 unspecified atom stereocenters. The van der Waals surface area contributed by atoms with Crippen LogP contribution in [0.4, 0.5) is 29.0 Å². The summed E-state index contributed by atoms with van der Waals surface area (Å²) < 4.78 is 0. The third-order valence-corrected chi connectivity index (χ3v) is 2.96. The van der Waals surface area contributed by atoms with Gasteiger partial charge in [0, 0.05) is 5.69 Å². The summed E-state index contributed by atoms with van der Waals surface area (Å²) in [6.07, 6.45) is 0. The van der Waals surface area contributed by atoms with Crippen molar-refractivity contribution in [2.24, 2.45) is 10.2 Å². The molecule has 1 heterocycles. The topological polar surface area (TPSA) is 101 Å². The molecule has 0 spiro atoms. The van der Waals surface area contributed by atoms with E-state index in [9.17, 15) is 0 Å². The van der Waals surface area contributed by atoms with E-state index in [2.05, 4.69) is 30.5 Å². The Morgan fingerprint density at radius 1 is 0.826 bits per heavy atom. The lowest BCUT2D eigenvalue weighted by Crippen LogP contribution is -2.03. The van der Waals surface area contributed by atoms with Crippen LogP contribution in [0.3, 0.4) is 0 Å². The van der Waals surface area contributed by atoms with E-state index in [4.69, 9.17) is 17.3 Å². The second kappa shape index (κ2) is 6.80. The molecule has 0 radical (unpaired) electrons. The van der Waals surface area contributed by atoms with Gasteiger partial charge >= 0.3 is 0 Å². The summed E-state index contributed by atoms with van der Waals surface area (Å²) in [6.45, 7) is 0. The van der Waals surface area contributed by atoms with Gasteiger partial charge in [-0.15, -0.1) is 0 Å². The standard InChI is InChI=1S/C15H12ClN7/c16-13-19-14(17)21-15(20-13)18-10-6-8-12(9-7-10)23-22-11-4-2-1-3-5-11/h1-9H,(H3,17,18,19,20,21). The van der Waals surface area contributed by atoms with E-state index in [1.807, 2.05) is 54.6 Å². The summed E-state index contributed by atoms with van der Waals surface area (Å²) in [7, 11) is 0. The molecule has 0 saturated carbocycles. The van der Waals surface area contributed by atoms with E-state index < -0.39 is 0 Å². The number of hydrogen-bond donors (Lipinski definition) is 2. The zero-order chi connectivity index (χ0) is 16.1. The highest BCUT2D eigenvalue weighted by Crippen LogP contribution is 2.21. The summed E-state index contributed by atoms with van der Waals surface area (Å²) in [6, 6.07) is 16.8. The van der Waals surface area contributed by atoms with Gasteiger partial charge in [0.05, 0.1) is 11.4 Å². The van der Waals surface area contributed by atoms with Crippen molar-refractivity contribution in [2.45, 2.75) is 0 Å².